The van der Waals surface area contributed by atoms with Gasteiger partial charge in [0, 0.05) is 24.9 Å². The molecule has 1 heterocycles. The van der Waals surface area contributed by atoms with Crippen LogP contribution in [0.3, 0.4) is 0 Å². The Labute approximate surface area is 162 Å². The summed E-state index contributed by atoms with van der Waals surface area (Å²) in [5.41, 5.74) is 1.79. The molecule has 0 fully saturated rings. The summed E-state index contributed by atoms with van der Waals surface area (Å²) in [4.78, 5) is 16.3. The first-order valence-corrected chi connectivity index (χ1v) is 9.21. The van der Waals surface area contributed by atoms with Crippen LogP contribution in [0.5, 0.6) is 5.75 Å². The van der Waals surface area contributed by atoms with Crippen LogP contribution < -0.4 is 10.1 Å². The summed E-state index contributed by atoms with van der Waals surface area (Å²) in [6, 6.07) is 13.7. The van der Waals surface area contributed by atoms with Crippen molar-refractivity contribution in [3.63, 3.8) is 0 Å². The van der Waals surface area contributed by atoms with Gasteiger partial charge in [-0.1, -0.05) is 17.3 Å². The molecule has 0 aliphatic carbocycles. The second-order valence-electron chi connectivity index (χ2n) is 6.20. The first-order valence-electron chi connectivity index (χ1n) is 9.21. The van der Waals surface area contributed by atoms with Gasteiger partial charge < -0.3 is 14.6 Å². The van der Waals surface area contributed by atoms with Crippen LogP contribution >= 0.6 is 0 Å². The molecule has 0 bridgehead atoms. The van der Waals surface area contributed by atoms with Crippen LogP contribution in [-0.2, 0) is 17.6 Å². The van der Waals surface area contributed by atoms with Crippen LogP contribution in [0.25, 0.3) is 11.4 Å². The van der Waals surface area contributed by atoms with Gasteiger partial charge in [-0.15, -0.1) is 0 Å². The number of carbonyl (C=O) groups excluding carboxylic acids is 1. The molecule has 146 valence electrons. The van der Waals surface area contributed by atoms with E-state index in [9.17, 15) is 9.18 Å². The Bertz CT molecular complexity index is 892. The molecule has 3 rings (SSSR count). The molecular formula is C21H22FN3O3. The third-order valence-electron chi connectivity index (χ3n) is 4.11. The molecule has 0 aliphatic heterocycles. The first kappa shape index (κ1) is 19.5. The Morgan fingerprint density at radius 3 is 2.57 bits per heavy atom. The average molecular weight is 383 g/mol. The van der Waals surface area contributed by atoms with E-state index in [4.69, 9.17) is 9.26 Å². The summed E-state index contributed by atoms with van der Waals surface area (Å²) >= 11 is 0. The molecule has 3 aromatic rings. The van der Waals surface area contributed by atoms with Crippen LogP contribution in [0, 0.1) is 5.82 Å². The van der Waals surface area contributed by atoms with E-state index < -0.39 is 0 Å². The minimum Gasteiger partial charge on any atom is -0.494 e. The number of aromatic nitrogens is 2. The molecule has 0 unspecified atom stereocenters. The molecule has 0 spiro atoms. The maximum absolute atomic E-state index is 12.9. The Hall–Kier alpha value is -3.22. The van der Waals surface area contributed by atoms with E-state index in [1.165, 1.54) is 12.1 Å². The highest BCUT2D eigenvalue weighted by Gasteiger charge is 2.11. The summed E-state index contributed by atoms with van der Waals surface area (Å²) in [6.45, 7) is 3.03. The van der Waals surface area contributed by atoms with Crippen LogP contribution in [0.4, 0.5) is 4.39 Å². The smallest absolute Gasteiger partial charge is 0.227 e. The Morgan fingerprint density at radius 1 is 1.11 bits per heavy atom. The van der Waals surface area contributed by atoms with Crippen molar-refractivity contribution in [3.8, 4) is 17.1 Å². The Morgan fingerprint density at radius 2 is 1.86 bits per heavy atom. The van der Waals surface area contributed by atoms with Crippen LogP contribution in [0.2, 0.25) is 0 Å². The van der Waals surface area contributed by atoms with Gasteiger partial charge in [0.1, 0.15) is 11.6 Å². The van der Waals surface area contributed by atoms with E-state index in [1.807, 2.05) is 31.2 Å². The standard InChI is InChI=1S/C21H22FN3O3/c1-2-27-18-9-5-16(6-10-18)21-24-20(28-25-21)12-11-19(26)23-14-13-15-3-7-17(22)8-4-15/h3-10H,2,11-14H2,1H3,(H,23,26). The first-order chi connectivity index (χ1) is 13.6. The van der Waals surface area contributed by atoms with E-state index >= 15 is 0 Å². The largest absolute Gasteiger partial charge is 0.494 e. The highest BCUT2D eigenvalue weighted by atomic mass is 19.1. The molecule has 1 aromatic heterocycles. The minimum atomic E-state index is -0.267. The lowest BCUT2D eigenvalue weighted by Gasteiger charge is -2.04. The fourth-order valence-corrected chi connectivity index (χ4v) is 2.65. The molecule has 0 saturated carbocycles. The normalized spacial score (nSPS) is 10.6. The van der Waals surface area contributed by atoms with Gasteiger partial charge >= 0.3 is 0 Å². The maximum Gasteiger partial charge on any atom is 0.227 e. The zero-order valence-electron chi connectivity index (χ0n) is 15.7. The van der Waals surface area contributed by atoms with Crippen molar-refractivity contribution < 1.29 is 18.4 Å². The van der Waals surface area contributed by atoms with Gasteiger partial charge in [0.25, 0.3) is 0 Å². The molecule has 0 radical (unpaired) electrons. The van der Waals surface area contributed by atoms with Gasteiger partial charge in [0.2, 0.25) is 17.6 Å². The number of ether oxygens (including phenoxy) is 1. The second-order valence-corrected chi connectivity index (χ2v) is 6.20. The average Bonchev–Trinajstić information content (AvgIpc) is 3.18. The van der Waals surface area contributed by atoms with Gasteiger partial charge in [0.15, 0.2) is 0 Å². The number of benzene rings is 2. The zero-order chi connectivity index (χ0) is 19.8. The molecule has 28 heavy (non-hydrogen) atoms. The third kappa shape index (κ3) is 5.64. The molecule has 2 aromatic carbocycles. The topological polar surface area (TPSA) is 77.2 Å². The minimum absolute atomic E-state index is 0.0945. The van der Waals surface area contributed by atoms with E-state index in [2.05, 4.69) is 15.5 Å². The van der Waals surface area contributed by atoms with Crippen molar-refractivity contribution in [2.45, 2.75) is 26.2 Å². The Kier molecular flexibility index (Phi) is 6.73. The quantitative estimate of drug-likeness (QED) is 0.611. The lowest BCUT2D eigenvalue weighted by molar-refractivity contribution is -0.121. The number of halogens is 1. The highest BCUT2D eigenvalue weighted by molar-refractivity contribution is 5.76. The number of hydrogen-bond donors (Lipinski definition) is 1. The number of nitrogens with one attached hydrogen (secondary N) is 1. The maximum atomic E-state index is 12.9. The van der Waals surface area contributed by atoms with Crippen molar-refractivity contribution in [2.24, 2.45) is 0 Å². The summed E-state index contributed by atoms with van der Waals surface area (Å²) in [5.74, 6) is 1.32. The predicted molar refractivity (Wildman–Crippen MR) is 102 cm³/mol. The molecule has 7 heteroatoms. The van der Waals surface area contributed by atoms with Crippen LogP contribution in [0.1, 0.15) is 24.8 Å². The number of amides is 1. The van der Waals surface area contributed by atoms with Crippen molar-refractivity contribution in [1.29, 1.82) is 0 Å². The van der Waals surface area contributed by atoms with Crippen LogP contribution in [0.15, 0.2) is 53.1 Å². The molecule has 6 nitrogen and oxygen atoms in total. The monoisotopic (exact) mass is 383 g/mol. The molecule has 0 atom stereocenters. The van der Waals surface area contributed by atoms with Gasteiger partial charge in [-0.25, -0.2) is 4.39 Å². The Balaban J connectivity index is 1.43. The van der Waals surface area contributed by atoms with E-state index in [-0.39, 0.29) is 18.1 Å². The van der Waals surface area contributed by atoms with Gasteiger partial charge in [-0.2, -0.15) is 4.98 Å². The van der Waals surface area contributed by atoms with Crippen molar-refractivity contribution in [2.75, 3.05) is 13.2 Å². The molecular weight excluding hydrogens is 361 g/mol. The van der Waals surface area contributed by atoms with Crippen molar-refractivity contribution in [1.82, 2.24) is 15.5 Å². The second kappa shape index (κ2) is 9.64. The van der Waals surface area contributed by atoms with Crippen molar-refractivity contribution >= 4 is 5.91 Å². The van der Waals surface area contributed by atoms with Crippen LogP contribution in [-0.4, -0.2) is 29.2 Å². The van der Waals surface area contributed by atoms with E-state index in [0.29, 0.717) is 37.7 Å². The van der Waals surface area contributed by atoms with E-state index in [1.54, 1.807) is 12.1 Å². The fraction of sp³-hybridized carbons (Fsp3) is 0.286. The number of carbonyl (C=O) groups is 1. The van der Waals surface area contributed by atoms with Gasteiger partial charge in [-0.3, -0.25) is 4.79 Å². The summed E-state index contributed by atoms with van der Waals surface area (Å²) in [5, 5.41) is 6.80. The lowest BCUT2D eigenvalue weighted by Crippen LogP contribution is -2.25. The van der Waals surface area contributed by atoms with Gasteiger partial charge in [0.05, 0.1) is 6.61 Å². The lowest BCUT2D eigenvalue weighted by atomic mass is 10.1. The number of nitrogens with zero attached hydrogens (tertiary/aromatic N) is 2. The van der Waals surface area contributed by atoms with Crippen molar-refractivity contribution in [3.05, 3.63) is 65.8 Å². The summed E-state index contributed by atoms with van der Waals surface area (Å²) in [6.07, 6.45) is 1.27. The highest BCUT2D eigenvalue weighted by Crippen LogP contribution is 2.20. The molecule has 0 saturated heterocycles. The zero-order valence-corrected chi connectivity index (χ0v) is 15.7. The molecule has 1 amide bonds. The SMILES string of the molecule is CCOc1ccc(-c2noc(CCC(=O)NCCc3ccc(F)cc3)n2)cc1. The number of hydrogen-bond acceptors (Lipinski definition) is 5. The predicted octanol–water partition coefficient (Wildman–Crippen LogP) is 3.57. The summed E-state index contributed by atoms with van der Waals surface area (Å²) < 4.78 is 23.5. The van der Waals surface area contributed by atoms with Gasteiger partial charge in [-0.05, 0) is 55.3 Å². The van der Waals surface area contributed by atoms with E-state index in [0.717, 1.165) is 16.9 Å². The molecule has 1 N–H and O–H groups in total. The number of rotatable bonds is 9. The fourth-order valence-electron chi connectivity index (χ4n) is 2.65. The molecule has 0 aliphatic rings. The third-order valence-corrected chi connectivity index (χ3v) is 4.11. The number of aryl methyl sites for hydroxylation is 1. The summed E-state index contributed by atoms with van der Waals surface area (Å²) in [7, 11) is 0.